The molecule has 3 aromatic rings. The van der Waals surface area contributed by atoms with Gasteiger partial charge in [0.15, 0.2) is 0 Å². The van der Waals surface area contributed by atoms with Crippen molar-refractivity contribution in [3.8, 4) is 11.3 Å². The number of pyridine rings is 1. The van der Waals surface area contributed by atoms with E-state index in [-0.39, 0.29) is 11.4 Å². The molecule has 0 saturated heterocycles. The molecule has 4 rings (SSSR count). The first kappa shape index (κ1) is 18.3. The Bertz CT molecular complexity index is 1010. The van der Waals surface area contributed by atoms with Gasteiger partial charge >= 0.3 is 0 Å². The Hall–Kier alpha value is -3.06. The third-order valence-electron chi connectivity index (χ3n) is 4.98. The van der Waals surface area contributed by atoms with Gasteiger partial charge in [-0.2, -0.15) is 0 Å². The second kappa shape index (κ2) is 7.90. The standard InChI is InChI=1S/C21H21FN4O2/c22-17-4-2-16(3-5-17)19(27)8-13-25-11-1-12-26-20(28)14-18(24-21(25)26)15-6-9-23-10-7-15/h2-7,9-10,14,19,27H,1,8,11-13H2. The maximum atomic E-state index is 13.1. The molecule has 2 aromatic heterocycles. The van der Waals surface area contributed by atoms with Crippen molar-refractivity contribution in [3.63, 3.8) is 0 Å². The van der Waals surface area contributed by atoms with Crippen molar-refractivity contribution in [1.29, 1.82) is 0 Å². The van der Waals surface area contributed by atoms with Gasteiger partial charge in [0.25, 0.3) is 5.56 Å². The summed E-state index contributed by atoms with van der Waals surface area (Å²) in [6, 6.07) is 11.1. The van der Waals surface area contributed by atoms with Crippen molar-refractivity contribution < 1.29 is 9.50 Å². The van der Waals surface area contributed by atoms with Gasteiger partial charge < -0.3 is 10.0 Å². The van der Waals surface area contributed by atoms with E-state index in [9.17, 15) is 14.3 Å². The zero-order valence-electron chi connectivity index (χ0n) is 15.3. The van der Waals surface area contributed by atoms with E-state index < -0.39 is 6.10 Å². The molecule has 0 radical (unpaired) electrons. The minimum Gasteiger partial charge on any atom is -0.388 e. The third kappa shape index (κ3) is 3.80. The van der Waals surface area contributed by atoms with Gasteiger partial charge in [0.05, 0.1) is 11.8 Å². The van der Waals surface area contributed by atoms with Gasteiger partial charge in [0.1, 0.15) is 5.82 Å². The number of benzene rings is 1. The maximum Gasteiger partial charge on any atom is 0.255 e. The first-order valence-electron chi connectivity index (χ1n) is 9.32. The number of aromatic nitrogens is 3. The van der Waals surface area contributed by atoms with Crippen molar-refractivity contribution in [2.45, 2.75) is 25.5 Å². The minimum absolute atomic E-state index is 0.0828. The molecule has 1 unspecified atom stereocenters. The fourth-order valence-electron chi connectivity index (χ4n) is 3.48. The molecule has 3 heterocycles. The Labute approximate surface area is 161 Å². The molecule has 144 valence electrons. The second-order valence-corrected chi connectivity index (χ2v) is 6.86. The average molecular weight is 380 g/mol. The lowest BCUT2D eigenvalue weighted by Crippen LogP contribution is -2.39. The van der Waals surface area contributed by atoms with Crippen LogP contribution in [0.15, 0.2) is 59.7 Å². The Morgan fingerprint density at radius 3 is 2.61 bits per heavy atom. The van der Waals surface area contributed by atoms with Crippen molar-refractivity contribution in [1.82, 2.24) is 14.5 Å². The summed E-state index contributed by atoms with van der Waals surface area (Å²) in [5.74, 6) is 0.296. The maximum absolute atomic E-state index is 13.1. The predicted octanol–water partition coefficient (Wildman–Crippen LogP) is 2.78. The summed E-state index contributed by atoms with van der Waals surface area (Å²) in [6.45, 7) is 1.95. The van der Waals surface area contributed by atoms with Crippen molar-refractivity contribution in [2.75, 3.05) is 18.0 Å². The summed E-state index contributed by atoms with van der Waals surface area (Å²) in [6.07, 6.45) is 3.94. The molecule has 28 heavy (non-hydrogen) atoms. The predicted molar refractivity (Wildman–Crippen MR) is 105 cm³/mol. The highest BCUT2D eigenvalue weighted by Gasteiger charge is 2.21. The van der Waals surface area contributed by atoms with E-state index >= 15 is 0 Å². The van der Waals surface area contributed by atoms with Crippen LogP contribution in [0.1, 0.15) is 24.5 Å². The lowest BCUT2D eigenvalue weighted by atomic mass is 10.1. The van der Waals surface area contributed by atoms with E-state index in [0.29, 0.717) is 36.7 Å². The Morgan fingerprint density at radius 2 is 1.86 bits per heavy atom. The van der Waals surface area contributed by atoms with E-state index in [1.807, 2.05) is 17.0 Å². The van der Waals surface area contributed by atoms with Gasteiger partial charge in [-0.3, -0.25) is 14.3 Å². The smallest absolute Gasteiger partial charge is 0.255 e. The molecule has 0 saturated carbocycles. The van der Waals surface area contributed by atoms with E-state index in [0.717, 1.165) is 18.5 Å². The van der Waals surface area contributed by atoms with E-state index in [2.05, 4.69) is 4.98 Å². The average Bonchev–Trinajstić information content (AvgIpc) is 2.73. The monoisotopic (exact) mass is 380 g/mol. The first-order valence-corrected chi connectivity index (χ1v) is 9.32. The van der Waals surface area contributed by atoms with E-state index in [4.69, 9.17) is 4.98 Å². The number of hydrogen-bond acceptors (Lipinski definition) is 5. The van der Waals surface area contributed by atoms with Crippen LogP contribution in [-0.4, -0.2) is 32.7 Å². The van der Waals surface area contributed by atoms with E-state index in [1.54, 1.807) is 35.2 Å². The molecule has 1 aliphatic rings. The number of nitrogens with zero attached hydrogens (tertiary/aromatic N) is 4. The zero-order valence-corrected chi connectivity index (χ0v) is 15.3. The summed E-state index contributed by atoms with van der Waals surface area (Å²) in [5, 5.41) is 10.4. The van der Waals surface area contributed by atoms with Crippen molar-refractivity contribution >= 4 is 5.95 Å². The van der Waals surface area contributed by atoms with Gasteiger partial charge in [-0.05, 0) is 42.7 Å². The molecule has 0 aliphatic carbocycles. The third-order valence-corrected chi connectivity index (χ3v) is 4.98. The van der Waals surface area contributed by atoms with Crippen LogP contribution in [0.2, 0.25) is 0 Å². The highest BCUT2D eigenvalue weighted by Crippen LogP contribution is 2.24. The lowest BCUT2D eigenvalue weighted by molar-refractivity contribution is 0.168. The van der Waals surface area contributed by atoms with Crippen LogP contribution in [0, 0.1) is 5.82 Å². The number of halogens is 1. The normalized spacial score (nSPS) is 14.6. The Kier molecular flexibility index (Phi) is 5.16. The van der Waals surface area contributed by atoms with Crippen LogP contribution in [-0.2, 0) is 6.54 Å². The van der Waals surface area contributed by atoms with Gasteiger partial charge in [-0.25, -0.2) is 9.37 Å². The molecule has 0 spiro atoms. The van der Waals surface area contributed by atoms with E-state index in [1.165, 1.54) is 12.1 Å². The largest absolute Gasteiger partial charge is 0.388 e. The number of aliphatic hydroxyl groups excluding tert-OH is 1. The quantitative estimate of drug-likeness (QED) is 0.737. The van der Waals surface area contributed by atoms with Crippen LogP contribution in [0.3, 0.4) is 0 Å². The van der Waals surface area contributed by atoms with Gasteiger partial charge in [-0.1, -0.05) is 12.1 Å². The molecule has 0 fully saturated rings. The molecule has 1 aromatic carbocycles. The topological polar surface area (TPSA) is 71.2 Å². The summed E-state index contributed by atoms with van der Waals surface area (Å²) in [4.78, 5) is 23.3. The fourth-order valence-corrected chi connectivity index (χ4v) is 3.48. The second-order valence-electron chi connectivity index (χ2n) is 6.86. The van der Waals surface area contributed by atoms with Crippen molar-refractivity contribution in [2.24, 2.45) is 0 Å². The Morgan fingerprint density at radius 1 is 1.11 bits per heavy atom. The number of hydrogen-bond donors (Lipinski definition) is 1. The SMILES string of the molecule is O=c1cc(-c2ccncc2)nc2n1CCCN2CCC(O)c1ccc(F)cc1. The van der Waals surface area contributed by atoms with Gasteiger partial charge in [-0.15, -0.1) is 0 Å². The Balaban J connectivity index is 1.56. The summed E-state index contributed by atoms with van der Waals surface area (Å²) < 4.78 is 14.8. The molecule has 0 bridgehead atoms. The molecule has 7 heteroatoms. The molecule has 6 nitrogen and oxygen atoms in total. The molecule has 1 aliphatic heterocycles. The van der Waals surface area contributed by atoms with Crippen LogP contribution in [0.25, 0.3) is 11.3 Å². The molecule has 1 atom stereocenters. The number of fused-ring (bicyclic) bond motifs is 1. The lowest BCUT2D eigenvalue weighted by Gasteiger charge is -2.31. The van der Waals surface area contributed by atoms with Crippen LogP contribution < -0.4 is 10.5 Å². The summed E-state index contributed by atoms with van der Waals surface area (Å²) >= 11 is 0. The zero-order chi connectivity index (χ0) is 19.5. The highest BCUT2D eigenvalue weighted by atomic mass is 19.1. The number of rotatable bonds is 5. The summed E-state index contributed by atoms with van der Waals surface area (Å²) in [5.41, 5.74) is 2.05. The first-order chi connectivity index (χ1) is 13.6. The molecular weight excluding hydrogens is 359 g/mol. The van der Waals surface area contributed by atoms with Crippen LogP contribution in [0.5, 0.6) is 0 Å². The van der Waals surface area contributed by atoms with Crippen LogP contribution in [0.4, 0.5) is 10.3 Å². The molecular formula is C21H21FN4O2. The fraction of sp³-hybridized carbons (Fsp3) is 0.286. The van der Waals surface area contributed by atoms with Gasteiger partial charge in [0, 0.05) is 43.7 Å². The number of aliphatic hydroxyl groups is 1. The summed E-state index contributed by atoms with van der Waals surface area (Å²) in [7, 11) is 0. The van der Waals surface area contributed by atoms with Crippen molar-refractivity contribution in [3.05, 3.63) is 76.6 Å². The number of anilines is 1. The highest BCUT2D eigenvalue weighted by molar-refractivity contribution is 5.59. The van der Waals surface area contributed by atoms with Gasteiger partial charge in [0.2, 0.25) is 5.95 Å². The molecule has 1 N–H and O–H groups in total. The minimum atomic E-state index is -0.703. The van der Waals surface area contributed by atoms with Crippen LogP contribution >= 0.6 is 0 Å². The molecule has 0 amide bonds.